The van der Waals surface area contributed by atoms with Crippen LogP contribution in [-0.4, -0.2) is 62.7 Å². The van der Waals surface area contributed by atoms with Gasteiger partial charge >= 0.3 is 6.03 Å². The summed E-state index contributed by atoms with van der Waals surface area (Å²) >= 11 is 0. The highest BCUT2D eigenvalue weighted by Gasteiger charge is 2.16. The van der Waals surface area contributed by atoms with E-state index >= 15 is 0 Å². The number of carbonyl (C=O) groups excluding carboxylic acids is 1. The molecule has 0 aliphatic carbocycles. The molecule has 0 aromatic heterocycles. The number of piperidine rings is 1. The fourth-order valence-electron chi connectivity index (χ4n) is 3.28. The molecule has 2 amide bonds. The Morgan fingerprint density at radius 1 is 1.24 bits per heavy atom. The Balaban J connectivity index is 1.70. The second-order valence-electron chi connectivity index (χ2n) is 7.50. The molecule has 1 heterocycles. The molecule has 1 atom stereocenters. The van der Waals surface area contributed by atoms with Crippen LogP contribution in [0.2, 0.25) is 0 Å². The van der Waals surface area contributed by atoms with Gasteiger partial charge in [0.25, 0.3) is 0 Å². The molecule has 2 N–H and O–H groups in total. The van der Waals surface area contributed by atoms with Gasteiger partial charge < -0.3 is 20.4 Å². The second-order valence-corrected chi connectivity index (χ2v) is 7.50. The average molecular weight is 347 g/mol. The summed E-state index contributed by atoms with van der Waals surface area (Å²) in [4.78, 5) is 16.9. The van der Waals surface area contributed by atoms with Crippen molar-refractivity contribution in [3.8, 4) is 0 Å². The first-order valence-electron chi connectivity index (χ1n) is 9.51. The topological polar surface area (TPSA) is 47.6 Å². The molecule has 5 nitrogen and oxygen atoms in total. The lowest BCUT2D eigenvalue weighted by atomic mass is 9.99. The van der Waals surface area contributed by atoms with Crippen LogP contribution >= 0.6 is 0 Å². The third-order valence-corrected chi connectivity index (χ3v) is 4.87. The fourth-order valence-corrected chi connectivity index (χ4v) is 3.28. The number of hydrogen-bond donors (Lipinski definition) is 2. The van der Waals surface area contributed by atoms with Crippen molar-refractivity contribution in [1.29, 1.82) is 0 Å². The highest BCUT2D eigenvalue weighted by atomic mass is 16.2. The van der Waals surface area contributed by atoms with E-state index in [0.29, 0.717) is 0 Å². The molecule has 2 rings (SSSR count). The van der Waals surface area contributed by atoms with Crippen LogP contribution in [0.5, 0.6) is 0 Å². The van der Waals surface area contributed by atoms with Crippen LogP contribution in [0, 0.1) is 5.92 Å². The Labute approximate surface area is 152 Å². The van der Waals surface area contributed by atoms with Gasteiger partial charge in [0, 0.05) is 13.1 Å². The number of nitrogens with one attached hydrogen (secondary N) is 2. The maximum Gasteiger partial charge on any atom is 0.315 e. The minimum atomic E-state index is -0.0806. The van der Waals surface area contributed by atoms with E-state index in [4.69, 9.17) is 0 Å². The van der Waals surface area contributed by atoms with Crippen molar-refractivity contribution in [2.45, 2.75) is 32.2 Å². The lowest BCUT2D eigenvalue weighted by molar-refractivity contribution is 0.190. The number of benzene rings is 1. The SMILES string of the molecule is CC1CCN(CCCNC(=O)NC(CN(C)C)c2ccccc2)CC1. The smallest absolute Gasteiger partial charge is 0.315 e. The number of nitrogens with zero attached hydrogens (tertiary/aromatic N) is 2. The number of urea groups is 1. The van der Waals surface area contributed by atoms with Crippen LogP contribution in [0.15, 0.2) is 30.3 Å². The van der Waals surface area contributed by atoms with Crippen LogP contribution in [-0.2, 0) is 0 Å². The normalized spacial score (nSPS) is 17.4. The zero-order chi connectivity index (χ0) is 18.1. The number of amides is 2. The summed E-state index contributed by atoms with van der Waals surface area (Å²) < 4.78 is 0. The van der Waals surface area contributed by atoms with E-state index in [9.17, 15) is 4.79 Å². The Morgan fingerprint density at radius 2 is 1.92 bits per heavy atom. The lowest BCUT2D eigenvalue weighted by Gasteiger charge is -2.30. The van der Waals surface area contributed by atoms with E-state index in [1.807, 2.05) is 32.3 Å². The van der Waals surface area contributed by atoms with Crippen LogP contribution in [0.3, 0.4) is 0 Å². The standard InChI is InChI=1S/C20H34N4O/c1-17-10-14-24(15-11-17)13-7-12-21-20(25)22-19(16-23(2)3)18-8-5-4-6-9-18/h4-6,8-9,17,19H,7,10-16H2,1-3H3,(H2,21,22,25). The maximum atomic E-state index is 12.2. The van der Waals surface area contributed by atoms with E-state index in [1.54, 1.807) is 0 Å². The first kappa shape index (κ1) is 19.7. The van der Waals surface area contributed by atoms with Crippen molar-refractivity contribution in [1.82, 2.24) is 20.4 Å². The van der Waals surface area contributed by atoms with Gasteiger partial charge in [-0.1, -0.05) is 37.3 Å². The number of hydrogen-bond acceptors (Lipinski definition) is 3. The van der Waals surface area contributed by atoms with Gasteiger partial charge in [-0.2, -0.15) is 0 Å². The summed E-state index contributed by atoms with van der Waals surface area (Å²) in [6.45, 7) is 7.32. The highest BCUT2D eigenvalue weighted by molar-refractivity contribution is 5.74. The molecule has 0 radical (unpaired) electrons. The van der Waals surface area contributed by atoms with Crippen molar-refractivity contribution in [2.24, 2.45) is 5.92 Å². The van der Waals surface area contributed by atoms with Crippen LogP contribution in [0.1, 0.15) is 37.8 Å². The molecule has 1 aromatic carbocycles. The number of likely N-dealkylation sites (tertiary alicyclic amines) is 1. The Bertz CT molecular complexity index is 498. The zero-order valence-corrected chi connectivity index (χ0v) is 16.0. The van der Waals surface area contributed by atoms with Crippen molar-refractivity contribution >= 4 is 6.03 Å². The monoisotopic (exact) mass is 346 g/mol. The largest absolute Gasteiger partial charge is 0.338 e. The molecule has 0 bridgehead atoms. The highest BCUT2D eigenvalue weighted by Crippen LogP contribution is 2.16. The maximum absolute atomic E-state index is 12.2. The molecule has 1 aliphatic rings. The quantitative estimate of drug-likeness (QED) is 0.712. The summed E-state index contributed by atoms with van der Waals surface area (Å²) in [5, 5.41) is 6.11. The number of carbonyl (C=O) groups is 1. The van der Waals surface area contributed by atoms with Gasteiger partial charge in [0.2, 0.25) is 0 Å². The summed E-state index contributed by atoms with van der Waals surface area (Å²) in [5.74, 6) is 0.867. The Kier molecular flexibility index (Phi) is 8.22. The van der Waals surface area contributed by atoms with E-state index < -0.39 is 0 Å². The van der Waals surface area contributed by atoms with Crippen molar-refractivity contribution in [2.75, 3.05) is 46.8 Å². The van der Waals surface area contributed by atoms with E-state index in [2.05, 4.69) is 39.5 Å². The molecular weight excluding hydrogens is 312 g/mol. The van der Waals surface area contributed by atoms with Gasteiger partial charge in [0.1, 0.15) is 0 Å². The third kappa shape index (κ3) is 7.45. The number of likely N-dealkylation sites (N-methyl/N-ethyl adjacent to an activating group) is 1. The average Bonchev–Trinajstić information content (AvgIpc) is 2.60. The fraction of sp³-hybridized carbons (Fsp3) is 0.650. The van der Waals surface area contributed by atoms with Crippen LogP contribution in [0.4, 0.5) is 4.79 Å². The molecule has 1 unspecified atom stereocenters. The molecule has 25 heavy (non-hydrogen) atoms. The van der Waals surface area contributed by atoms with E-state index in [0.717, 1.165) is 37.5 Å². The number of rotatable bonds is 8. The minimum Gasteiger partial charge on any atom is -0.338 e. The van der Waals surface area contributed by atoms with Crippen LogP contribution in [0.25, 0.3) is 0 Å². The molecule has 5 heteroatoms. The predicted octanol–water partition coefficient (Wildman–Crippen LogP) is 2.71. The zero-order valence-electron chi connectivity index (χ0n) is 16.0. The summed E-state index contributed by atoms with van der Waals surface area (Å²) in [5.41, 5.74) is 1.13. The molecule has 1 aromatic rings. The molecule has 1 saturated heterocycles. The van der Waals surface area contributed by atoms with Crippen molar-refractivity contribution in [3.63, 3.8) is 0 Å². The van der Waals surface area contributed by atoms with Gasteiger partial charge in [0.15, 0.2) is 0 Å². The van der Waals surface area contributed by atoms with Crippen molar-refractivity contribution < 1.29 is 4.79 Å². The molecule has 0 saturated carbocycles. The summed E-state index contributed by atoms with van der Waals surface area (Å²) in [7, 11) is 4.05. The van der Waals surface area contributed by atoms with Crippen molar-refractivity contribution in [3.05, 3.63) is 35.9 Å². The first-order valence-corrected chi connectivity index (χ1v) is 9.51. The van der Waals surface area contributed by atoms with E-state index in [1.165, 1.54) is 25.9 Å². The Hall–Kier alpha value is -1.59. The Morgan fingerprint density at radius 3 is 2.56 bits per heavy atom. The minimum absolute atomic E-state index is 0.000202. The van der Waals surface area contributed by atoms with Gasteiger partial charge in [0.05, 0.1) is 6.04 Å². The molecule has 0 spiro atoms. The van der Waals surface area contributed by atoms with Gasteiger partial charge in [-0.3, -0.25) is 0 Å². The van der Waals surface area contributed by atoms with Gasteiger partial charge in [-0.25, -0.2) is 4.79 Å². The third-order valence-electron chi connectivity index (χ3n) is 4.87. The molecule has 140 valence electrons. The van der Waals surface area contributed by atoms with E-state index in [-0.39, 0.29) is 12.1 Å². The summed E-state index contributed by atoms with van der Waals surface area (Å²) in [6, 6.07) is 10.1. The van der Waals surface area contributed by atoms with Gasteiger partial charge in [-0.15, -0.1) is 0 Å². The molecular formula is C20H34N4O. The van der Waals surface area contributed by atoms with Gasteiger partial charge in [-0.05, 0) is 64.5 Å². The lowest BCUT2D eigenvalue weighted by Crippen LogP contribution is -2.42. The predicted molar refractivity (Wildman–Crippen MR) is 104 cm³/mol. The van der Waals surface area contributed by atoms with Crippen LogP contribution < -0.4 is 10.6 Å². The second kappa shape index (κ2) is 10.4. The molecule has 1 aliphatic heterocycles. The summed E-state index contributed by atoms with van der Waals surface area (Å²) in [6.07, 6.45) is 3.61. The first-order chi connectivity index (χ1) is 12.0. The molecule has 1 fully saturated rings.